The van der Waals surface area contributed by atoms with E-state index in [2.05, 4.69) is 182 Å². The van der Waals surface area contributed by atoms with E-state index in [-0.39, 0.29) is 23.1 Å². The van der Waals surface area contributed by atoms with Gasteiger partial charge >= 0.3 is 23.1 Å². The van der Waals surface area contributed by atoms with E-state index in [1.165, 1.54) is 45.2 Å². The molecule has 0 aliphatic carbocycles. The smallest absolute Gasteiger partial charge is 0.0999 e. The van der Waals surface area contributed by atoms with Gasteiger partial charge < -0.3 is 0 Å². The Balaban J connectivity index is 0.000000176. The summed E-state index contributed by atoms with van der Waals surface area (Å²) in [7, 11) is 0. The summed E-state index contributed by atoms with van der Waals surface area (Å²) >= 11 is 0. The van der Waals surface area contributed by atoms with Gasteiger partial charge in [-0.25, -0.2) is 0 Å². The average Bonchev–Trinajstić information content (AvgIpc) is 3.01. The summed E-state index contributed by atoms with van der Waals surface area (Å²) in [6, 6.07) is 63.3. The monoisotopic (exact) mass is 510 g/mol. The normalized spacial score (nSPS) is 9.85. The molecule has 0 unspecified atom stereocenters. The minimum atomic E-state index is 0. The van der Waals surface area contributed by atoms with E-state index >= 15 is 0 Å². The maximum Gasteiger partial charge on any atom is 2.00 e. The molecule has 0 bridgehead atoms. The predicted octanol–water partition coefficient (Wildman–Crippen LogP) is 9.03. The van der Waals surface area contributed by atoms with Crippen LogP contribution in [0.3, 0.4) is 0 Å². The number of rotatable bonds is 6. The Morgan fingerprint density at radius 1 is 0.205 bits per heavy atom. The van der Waals surface area contributed by atoms with Gasteiger partial charge in [-0.3, -0.25) is 0 Å². The molecular formula is C38H30Mg. The van der Waals surface area contributed by atoms with Gasteiger partial charge in [0.2, 0.25) is 0 Å². The van der Waals surface area contributed by atoms with Crippen LogP contribution in [0.5, 0.6) is 0 Å². The summed E-state index contributed by atoms with van der Waals surface area (Å²) < 4.78 is 0. The zero-order chi connectivity index (χ0) is 25.8. The third-order valence-electron chi connectivity index (χ3n) is 6.37. The molecule has 0 N–H and O–H groups in total. The summed E-state index contributed by atoms with van der Waals surface area (Å²) in [6.45, 7) is 0. The molecule has 0 amide bonds. The van der Waals surface area contributed by atoms with Crippen LogP contribution in [-0.4, -0.2) is 23.1 Å². The Morgan fingerprint density at radius 3 is 0.462 bits per heavy atom. The molecule has 39 heavy (non-hydrogen) atoms. The number of benzene rings is 6. The van der Waals surface area contributed by atoms with Crippen molar-refractivity contribution in [2.24, 2.45) is 0 Å². The van der Waals surface area contributed by atoms with Crippen molar-refractivity contribution in [3.63, 3.8) is 0 Å². The molecule has 6 aromatic carbocycles. The van der Waals surface area contributed by atoms with E-state index < -0.39 is 0 Å². The predicted molar refractivity (Wildman–Crippen MR) is 166 cm³/mol. The summed E-state index contributed by atoms with van der Waals surface area (Å²) in [5.74, 6) is 2.56. The molecule has 1 heteroatoms. The third kappa shape index (κ3) is 7.45. The van der Waals surface area contributed by atoms with Crippen molar-refractivity contribution in [3.05, 3.63) is 227 Å². The second-order valence-corrected chi connectivity index (χ2v) is 8.95. The second-order valence-electron chi connectivity index (χ2n) is 8.95. The van der Waals surface area contributed by atoms with Gasteiger partial charge in [-0.1, -0.05) is 227 Å². The zero-order valence-electron chi connectivity index (χ0n) is 22.0. The SMILES string of the molecule is [Mg+2].c1ccc([C-](c2ccccc2)c2ccccc2)cc1.c1ccc([C-](c2ccccc2)c2ccccc2)cc1. The maximum atomic E-state index is 2.16. The van der Waals surface area contributed by atoms with Crippen LogP contribution in [0.1, 0.15) is 33.4 Å². The van der Waals surface area contributed by atoms with Crippen LogP contribution in [0, 0.1) is 11.8 Å². The molecule has 6 rings (SSSR count). The quantitative estimate of drug-likeness (QED) is 0.119. The van der Waals surface area contributed by atoms with E-state index in [1.54, 1.807) is 0 Å². The molecule has 0 aliphatic rings. The minimum Gasteiger partial charge on any atom is -0.0999 e. The summed E-state index contributed by atoms with van der Waals surface area (Å²) in [4.78, 5) is 0. The number of hydrogen-bond acceptors (Lipinski definition) is 0. The Bertz CT molecular complexity index is 1160. The Hall–Kier alpha value is -4.17. The van der Waals surface area contributed by atoms with Crippen LogP contribution in [0.15, 0.2) is 182 Å². The van der Waals surface area contributed by atoms with Gasteiger partial charge in [0.25, 0.3) is 0 Å². The van der Waals surface area contributed by atoms with Crippen LogP contribution in [0.4, 0.5) is 0 Å². The van der Waals surface area contributed by atoms with Crippen molar-refractivity contribution >= 4 is 23.1 Å². The van der Waals surface area contributed by atoms with Gasteiger partial charge in [0, 0.05) is 0 Å². The minimum absolute atomic E-state index is 0. The number of hydrogen-bond donors (Lipinski definition) is 0. The van der Waals surface area contributed by atoms with Crippen molar-refractivity contribution in [1.29, 1.82) is 0 Å². The summed E-state index contributed by atoms with van der Waals surface area (Å²) in [6.07, 6.45) is 0. The fourth-order valence-electron chi connectivity index (χ4n) is 4.63. The fourth-order valence-corrected chi connectivity index (χ4v) is 4.63. The molecule has 0 aromatic heterocycles. The van der Waals surface area contributed by atoms with E-state index in [0.717, 1.165) is 0 Å². The zero-order valence-corrected chi connectivity index (χ0v) is 23.4. The van der Waals surface area contributed by atoms with Gasteiger partial charge in [0.05, 0.1) is 0 Å². The molecule has 0 fully saturated rings. The van der Waals surface area contributed by atoms with Crippen LogP contribution in [0.25, 0.3) is 0 Å². The molecule has 0 atom stereocenters. The average molecular weight is 511 g/mol. The molecule has 6 aromatic rings. The van der Waals surface area contributed by atoms with Crippen LogP contribution in [0.2, 0.25) is 0 Å². The molecule has 184 valence electrons. The van der Waals surface area contributed by atoms with Crippen molar-refractivity contribution in [3.8, 4) is 0 Å². The molecular weight excluding hydrogens is 481 g/mol. The molecule has 0 heterocycles. The Kier molecular flexibility index (Phi) is 10.5. The van der Waals surface area contributed by atoms with E-state index in [4.69, 9.17) is 0 Å². The third-order valence-corrected chi connectivity index (χ3v) is 6.37. The van der Waals surface area contributed by atoms with E-state index in [9.17, 15) is 0 Å². The first-order chi connectivity index (χ1) is 18.9. The first-order valence-electron chi connectivity index (χ1n) is 13.0. The van der Waals surface area contributed by atoms with Crippen LogP contribution >= 0.6 is 0 Å². The van der Waals surface area contributed by atoms with Crippen molar-refractivity contribution in [2.75, 3.05) is 0 Å². The van der Waals surface area contributed by atoms with Crippen molar-refractivity contribution in [1.82, 2.24) is 0 Å². The van der Waals surface area contributed by atoms with Gasteiger partial charge in [-0.05, 0) is 0 Å². The fraction of sp³-hybridized carbons (Fsp3) is 0. The molecule has 0 saturated carbocycles. The van der Waals surface area contributed by atoms with Gasteiger partial charge in [-0.15, -0.1) is 0 Å². The molecule has 0 spiro atoms. The molecule has 0 saturated heterocycles. The molecule has 0 aliphatic heterocycles. The van der Waals surface area contributed by atoms with Crippen LogP contribution in [-0.2, 0) is 0 Å². The van der Waals surface area contributed by atoms with Crippen LogP contribution < -0.4 is 0 Å². The maximum absolute atomic E-state index is 2.16. The van der Waals surface area contributed by atoms with Crippen molar-refractivity contribution < 1.29 is 0 Å². The summed E-state index contributed by atoms with van der Waals surface area (Å²) in [5.41, 5.74) is 7.50. The van der Waals surface area contributed by atoms with Gasteiger partial charge in [0.1, 0.15) is 0 Å². The summed E-state index contributed by atoms with van der Waals surface area (Å²) in [5, 5.41) is 0. The molecule has 0 radical (unpaired) electrons. The van der Waals surface area contributed by atoms with E-state index in [0.29, 0.717) is 0 Å². The first kappa shape index (κ1) is 27.9. The van der Waals surface area contributed by atoms with Gasteiger partial charge in [0.15, 0.2) is 0 Å². The largest absolute Gasteiger partial charge is 2.00 e. The standard InChI is InChI=1S/2C19H15.Mg/c2*1-4-10-16(11-5-1)19(17-12-6-2-7-13-17)18-14-8-3-9-15-18;/h2*1-15H;/q2*-1;+2. The van der Waals surface area contributed by atoms with E-state index in [1.807, 2.05) is 0 Å². The Labute approximate surface area is 249 Å². The molecule has 0 nitrogen and oxygen atoms in total. The van der Waals surface area contributed by atoms with Gasteiger partial charge in [-0.2, -0.15) is 0 Å². The Morgan fingerprint density at radius 2 is 0.333 bits per heavy atom. The topological polar surface area (TPSA) is 0 Å². The second kappa shape index (κ2) is 14.7. The first-order valence-corrected chi connectivity index (χ1v) is 13.0. The van der Waals surface area contributed by atoms with Crippen molar-refractivity contribution in [2.45, 2.75) is 0 Å².